The quantitative estimate of drug-likeness (QED) is 0.286. The zero-order valence-corrected chi connectivity index (χ0v) is 24.6. The van der Waals surface area contributed by atoms with Gasteiger partial charge in [-0.15, -0.1) is 0 Å². The van der Waals surface area contributed by atoms with E-state index in [0.29, 0.717) is 25.3 Å². The number of rotatable bonds is 11. The molecule has 0 atom stereocenters. The van der Waals surface area contributed by atoms with Gasteiger partial charge >= 0.3 is 0 Å². The van der Waals surface area contributed by atoms with Gasteiger partial charge in [-0.3, -0.25) is 9.59 Å². The lowest BCUT2D eigenvalue weighted by atomic mass is 9.86. The molecule has 0 N–H and O–H groups in total. The van der Waals surface area contributed by atoms with Gasteiger partial charge in [-0.1, -0.05) is 82.5 Å². The van der Waals surface area contributed by atoms with E-state index in [0.717, 1.165) is 37.9 Å². The molecule has 1 saturated carbocycles. The highest BCUT2D eigenvalue weighted by atomic mass is 16.5. The lowest BCUT2D eigenvalue weighted by Gasteiger charge is -2.36. The summed E-state index contributed by atoms with van der Waals surface area (Å²) in [6, 6.07) is 22.5. The Morgan fingerprint density at radius 2 is 1.62 bits per heavy atom. The fourth-order valence-electron chi connectivity index (χ4n) is 5.52. The van der Waals surface area contributed by atoms with Crippen LogP contribution in [0, 0.1) is 0 Å². The SMILES string of the molecule is COCCN(CC(=O)N(Cc1cccn1Cc1ccccc1)C1CCCCC1)C(=O)c1ccc(C(C)(C)C)cc1. The summed E-state index contributed by atoms with van der Waals surface area (Å²) in [4.78, 5) is 31.3. The first-order valence-corrected chi connectivity index (χ1v) is 14.6. The van der Waals surface area contributed by atoms with Crippen molar-refractivity contribution in [2.75, 3.05) is 26.8 Å². The Balaban J connectivity index is 1.54. The molecule has 0 radical (unpaired) electrons. The van der Waals surface area contributed by atoms with Crippen molar-refractivity contribution in [3.05, 3.63) is 95.3 Å². The molecular formula is C34H45N3O3. The Morgan fingerprint density at radius 1 is 0.925 bits per heavy atom. The van der Waals surface area contributed by atoms with Crippen LogP contribution in [-0.4, -0.2) is 59.0 Å². The van der Waals surface area contributed by atoms with Gasteiger partial charge in [0.2, 0.25) is 5.91 Å². The van der Waals surface area contributed by atoms with Crippen molar-refractivity contribution in [2.24, 2.45) is 0 Å². The van der Waals surface area contributed by atoms with Crippen molar-refractivity contribution in [3.63, 3.8) is 0 Å². The predicted octanol–water partition coefficient (Wildman–Crippen LogP) is 6.28. The highest BCUT2D eigenvalue weighted by molar-refractivity contribution is 5.96. The minimum Gasteiger partial charge on any atom is -0.383 e. The van der Waals surface area contributed by atoms with Crippen LogP contribution in [0.15, 0.2) is 72.9 Å². The molecule has 4 rings (SSSR count). The van der Waals surface area contributed by atoms with Crippen molar-refractivity contribution >= 4 is 11.8 Å². The molecule has 0 aliphatic heterocycles. The van der Waals surface area contributed by atoms with Crippen molar-refractivity contribution in [1.82, 2.24) is 14.4 Å². The van der Waals surface area contributed by atoms with Gasteiger partial charge in [0.1, 0.15) is 6.54 Å². The zero-order chi connectivity index (χ0) is 28.5. The van der Waals surface area contributed by atoms with Gasteiger partial charge in [0.05, 0.1) is 13.2 Å². The highest BCUT2D eigenvalue weighted by Crippen LogP contribution is 2.26. The fraction of sp³-hybridized carbons (Fsp3) is 0.471. The van der Waals surface area contributed by atoms with Gasteiger partial charge in [-0.05, 0) is 53.6 Å². The van der Waals surface area contributed by atoms with Crippen LogP contribution < -0.4 is 0 Å². The number of carbonyl (C=O) groups is 2. The molecule has 40 heavy (non-hydrogen) atoms. The number of hydrogen-bond donors (Lipinski definition) is 0. The standard InChI is InChI=1S/C34H45N3O3/c1-34(2,3)29-19-17-28(18-20-29)33(39)36(22-23-40-4)26-32(38)37(30-14-9-6-10-15-30)25-31-16-11-21-35(31)24-27-12-7-5-8-13-27/h5,7-8,11-13,16-21,30H,6,9-10,14-15,22-26H2,1-4H3. The number of hydrogen-bond acceptors (Lipinski definition) is 3. The molecule has 3 aromatic rings. The molecule has 0 saturated heterocycles. The van der Waals surface area contributed by atoms with Crippen molar-refractivity contribution in [3.8, 4) is 0 Å². The molecule has 6 heteroatoms. The van der Waals surface area contributed by atoms with Gasteiger partial charge in [0.15, 0.2) is 0 Å². The second kappa shape index (κ2) is 13.8. The largest absolute Gasteiger partial charge is 0.383 e. The third kappa shape index (κ3) is 7.85. The van der Waals surface area contributed by atoms with E-state index in [-0.39, 0.29) is 29.8 Å². The van der Waals surface area contributed by atoms with Crippen molar-refractivity contribution < 1.29 is 14.3 Å². The summed E-state index contributed by atoms with van der Waals surface area (Å²) < 4.78 is 7.54. The number of amides is 2. The molecule has 2 amide bonds. The zero-order valence-electron chi connectivity index (χ0n) is 24.6. The van der Waals surface area contributed by atoms with Gasteiger partial charge in [0, 0.05) is 43.7 Å². The van der Waals surface area contributed by atoms with Crippen LogP contribution in [0.25, 0.3) is 0 Å². The van der Waals surface area contributed by atoms with Crippen LogP contribution in [0.4, 0.5) is 0 Å². The van der Waals surface area contributed by atoms with Crippen LogP contribution in [0.3, 0.4) is 0 Å². The summed E-state index contributed by atoms with van der Waals surface area (Å²) in [5.41, 5.74) is 4.11. The summed E-state index contributed by atoms with van der Waals surface area (Å²) >= 11 is 0. The minimum atomic E-state index is -0.137. The van der Waals surface area contributed by atoms with E-state index < -0.39 is 0 Å². The van der Waals surface area contributed by atoms with Gasteiger partial charge in [-0.25, -0.2) is 0 Å². The minimum absolute atomic E-state index is 0.00451. The van der Waals surface area contributed by atoms with E-state index in [1.165, 1.54) is 17.5 Å². The third-order valence-corrected chi connectivity index (χ3v) is 7.96. The molecule has 1 aliphatic rings. The molecule has 0 bridgehead atoms. The van der Waals surface area contributed by atoms with Crippen molar-refractivity contribution in [1.29, 1.82) is 0 Å². The maximum Gasteiger partial charge on any atom is 0.254 e. The lowest BCUT2D eigenvalue weighted by Crippen LogP contribution is -2.48. The number of benzene rings is 2. The Labute approximate surface area is 239 Å². The monoisotopic (exact) mass is 543 g/mol. The average molecular weight is 544 g/mol. The van der Waals surface area contributed by atoms with Crippen LogP contribution in [0.1, 0.15) is 80.1 Å². The normalized spacial score (nSPS) is 14.2. The Hall–Kier alpha value is -3.38. The number of nitrogens with zero attached hydrogens (tertiary/aromatic N) is 3. The number of aromatic nitrogens is 1. The Morgan fingerprint density at radius 3 is 2.27 bits per heavy atom. The van der Waals surface area contributed by atoms with Gasteiger partial charge in [-0.2, -0.15) is 0 Å². The van der Waals surface area contributed by atoms with E-state index in [4.69, 9.17) is 4.74 Å². The highest BCUT2D eigenvalue weighted by Gasteiger charge is 2.29. The summed E-state index contributed by atoms with van der Waals surface area (Å²) in [6.45, 7) is 8.55. The second-order valence-corrected chi connectivity index (χ2v) is 12.0. The van der Waals surface area contributed by atoms with E-state index in [2.05, 4.69) is 67.9 Å². The maximum absolute atomic E-state index is 14.0. The van der Waals surface area contributed by atoms with Crippen LogP contribution in [0.5, 0.6) is 0 Å². The van der Waals surface area contributed by atoms with E-state index >= 15 is 0 Å². The first-order valence-electron chi connectivity index (χ1n) is 14.6. The molecule has 0 spiro atoms. The smallest absolute Gasteiger partial charge is 0.254 e. The summed E-state index contributed by atoms with van der Waals surface area (Å²) in [5, 5.41) is 0. The molecule has 1 aliphatic carbocycles. The van der Waals surface area contributed by atoms with Crippen molar-refractivity contribution in [2.45, 2.75) is 77.4 Å². The lowest BCUT2D eigenvalue weighted by molar-refractivity contribution is -0.135. The third-order valence-electron chi connectivity index (χ3n) is 7.96. The van der Waals surface area contributed by atoms with Crippen LogP contribution in [0.2, 0.25) is 0 Å². The van der Waals surface area contributed by atoms with Gasteiger partial charge < -0.3 is 19.1 Å². The molecule has 0 unspecified atom stereocenters. The molecule has 1 aromatic heterocycles. The maximum atomic E-state index is 14.0. The predicted molar refractivity (Wildman–Crippen MR) is 160 cm³/mol. The molecular weight excluding hydrogens is 498 g/mol. The molecule has 6 nitrogen and oxygen atoms in total. The number of ether oxygens (including phenoxy) is 1. The van der Waals surface area contributed by atoms with E-state index in [1.807, 2.05) is 35.2 Å². The number of carbonyl (C=O) groups excluding carboxylic acids is 2. The summed E-state index contributed by atoms with van der Waals surface area (Å²) in [7, 11) is 1.62. The summed E-state index contributed by atoms with van der Waals surface area (Å²) in [5.74, 6) is -0.142. The van der Waals surface area contributed by atoms with Crippen LogP contribution >= 0.6 is 0 Å². The first-order chi connectivity index (χ1) is 19.3. The first kappa shape index (κ1) is 29.6. The second-order valence-electron chi connectivity index (χ2n) is 12.0. The summed E-state index contributed by atoms with van der Waals surface area (Å²) in [6.07, 6.45) is 7.57. The molecule has 2 aromatic carbocycles. The Kier molecular flexibility index (Phi) is 10.2. The molecule has 1 heterocycles. The fourth-order valence-corrected chi connectivity index (χ4v) is 5.52. The topological polar surface area (TPSA) is 54.8 Å². The Bertz CT molecular complexity index is 1220. The molecule has 1 fully saturated rings. The average Bonchev–Trinajstić information content (AvgIpc) is 3.40. The van der Waals surface area contributed by atoms with Crippen LogP contribution in [-0.2, 0) is 28.0 Å². The van der Waals surface area contributed by atoms with E-state index in [9.17, 15) is 9.59 Å². The van der Waals surface area contributed by atoms with E-state index in [1.54, 1.807) is 12.0 Å². The molecule has 214 valence electrons. The number of methoxy groups -OCH3 is 1. The van der Waals surface area contributed by atoms with Gasteiger partial charge in [0.25, 0.3) is 5.91 Å².